The van der Waals surface area contributed by atoms with Crippen LogP contribution in [0, 0.1) is 5.92 Å². The predicted octanol–water partition coefficient (Wildman–Crippen LogP) is -1.28. The smallest absolute Gasteiger partial charge is 0.143 e. The first-order valence-electron chi connectivity index (χ1n) is 6.02. The Labute approximate surface area is 111 Å². The van der Waals surface area contributed by atoms with E-state index < -0.39 is 31.1 Å². The van der Waals surface area contributed by atoms with Gasteiger partial charge in [0.15, 0.2) is 0 Å². The summed E-state index contributed by atoms with van der Waals surface area (Å²) >= 11 is 0. The molecule has 0 radical (unpaired) electrons. The molecule has 2 rings (SSSR count). The number of ether oxygens (including phenoxy) is 1. The fourth-order valence-corrected chi connectivity index (χ4v) is 2.39. The number of nitrogens with zero attached hydrogens (tertiary/aromatic N) is 2. The van der Waals surface area contributed by atoms with Crippen molar-refractivity contribution in [1.29, 1.82) is 0 Å². The second-order valence-corrected chi connectivity index (χ2v) is 4.87. The average molecular weight is 269 g/mol. The van der Waals surface area contributed by atoms with E-state index in [-0.39, 0.29) is 5.92 Å². The maximum atomic E-state index is 10.2. The first kappa shape index (κ1) is 14.0. The monoisotopic (exact) mass is 269 g/mol. The second-order valence-electron chi connectivity index (χ2n) is 4.87. The van der Waals surface area contributed by atoms with Crippen molar-refractivity contribution in [1.82, 2.24) is 4.90 Å². The van der Waals surface area contributed by atoms with E-state index in [2.05, 4.69) is 11.6 Å². The van der Waals surface area contributed by atoms with Crippen LogP contribution in [0.25, 0.3) is 0 Å². The molecular weight excluding hydrogens is 250 g/mol. The molecule has 0 spiro atoms. The van der Waals surface area contributed by atoms with Crippen molar-refractivity contribution in [2.75, 3.05) is 13.2 Å². The zero-order valence-electron chi connectivity index (χ0n) is 10.7. The van der Waals surface area contributed by atoms with Gasteiger partial charge in [0.1, 0.15) is 23.5 Å². The molecule has 5 N–H and O–H groups in total. The number of hydrogen-bond donors (Lipinski definition) is 4. The fraction of sp³-hybridized carbons (Fsp3) is 0.583. The summed E-state index contributed by atoms with van der Waals surface area (Å²) in [7, 11) is 0. The number of amidine groups is 1. The molecule has 0 aromatic heterocycles. The Balaban J connectivity index is 2.24. The molecule has 19 heavy (non-hydrogen) atoms. The van der Waals surface area contributed by atoms with Gasteiger partial charge in [-0.15, -0.1) is 0 Å². The van der Waals surface area contributed by atoms with E-state index in [0.717, 1.165) is 0 Å². The van der Waals surface area contributed by atoms with Crippen molar-refractivity contribution in [3.05, 3.63) is 24.7 Å². The molecule has 0 aromatic rings. The minimum Gasteiger partial charge on any atom is -0.393 e. The lowest BCUT2D eigenvalue weighted by molar-refractivity contribution is -0.154. The quantitative estimate of drug-likeness (QED) is 0.508. The molecule has 2 heterocycles. The van der Waals surface area contributed by atoms with Crippen LogP contribution in [0.5, 0.6) is 0 Å². The lowest BCUT2D eigenvalue weighted by Crippen LogP contribution is -2.48. The predicted molar refractivity (Wildman–Crippen MR) is 68.7 cm³/mol. The van der Waals surface area contributed by atoms with E-state index in [1.807, 2.05) is 0 Å². The van der Waals surface area contributed by atoms with Gasteiger partial charge in [0.05, 0.1) is 19.3 Å². The molecule has 2 aliphatic heterocycles. The summed E-state index contributed by atoms with van der Waals surface area (Å²) in [5, 5.41) is 28.9. The average Bonchev–Trinajstić information content (AvgIpc) is 2.64. The molecule has 0 saturated carbocycles. The summed E-state index contributed by atoms with van der Waals surface area (Å²) in [6, 6.07) is 0. The van der Waals surface area contributed by atoms with Crippen LogP contribution < -0.4 is 5.73 Å². The second kappa shape index (κ2) is 4.93. The third kappa shape index (κ3) is 2.14. The van der Waals surface area contributed by atoms with Crippen molar-refractivity contribution >= 4 is 5.84 Å². The van der Waals surface area contributed by atoms with E-state index in [9.17, 15) is 15.3 Å². The van der Waals surface area contributed by atoms with Gasteiger partial charge >= 0.3 is 0 Å². The minimum atomic E-state index is -1.37. The summed E-state index contributed by atoms with van der Waals surface area (Å²) < 4.78 is 5.67. The van der Waals surface area contributed by atoms with Crippen LogP contribution in [-0.2, 0) is 4.74 Å². The molecule has 0 aliphatic carbocycles. The van der Waals surface area contributed by atoms with Gasteiger partial charge in [0, 0.05) is 12.1 Å². The van der Waals surface area contributed by atoms with Gasteiger partial charge in [0.25, 0.3) is 0 Å². The molecule has 0 unspecified atom stereocenters. The first-order valence-corrected chi connectivity index (χ1v) is 6.02. The largest absolute Gasteiger partial charge is 0.393 e. The van der Waals surface area contributed by atoms with Crippen molar-refractivity contribution < 1.29 is 20.1 Å². The standard InChI is InChI=1S/C12H19N3O4/c1-7-10(18)12(5-16,6-17)19-11(7)15-4-3-9(13)14-8(15)2/h3-4,7,10-11,16-18H,2,5-6H2,1H3,(H2,13,14)/t7-,10-,11+/m0/s1. The topological polar surface area (TPSA) is 112 Å². The van der Waals surface area contributed by atoms with Crippen molar-refractivity contribution in [3.8, 4) is 0 Å². The Morgan fingerprint density at radius 2 is 2.16 bits per heavy atom. The summed E-state index contributed by atoms with van der Waals surface area (Å²) in [5.74, 6) is 0.383. The molecular formula is C12H19N3O4. The Hall–Kier alpha value is -1.41. The van der Waals surface area contributed by atoms with Crippen molar-refractivity contribution in [2.24, 2.45) is 16.6 Å². The van der Waals surface area contributed by atoms with E-state index in [0.29, 0.717) is 11.7 Å². The van der Waals surface area contributed by atoms with Gasteiger partial charge in [-0.25, -0.2) is 4.99 Å². The van der Waals surface area contributed by atoms with E-state index >= 15 is 0 Å². The molecule has 0 bridgehead atoms. The summed E-state index contributed by atoms with van der Waals surface area (Å²) in [4.78, 5) is 5.64. The SMILES string of the molecule is C=C1N=C(N)C=CN1[C@@H]1OC(CO)(CO)[C@@H](O)[C@@H]1C. The number of aliphatic hydroxyl groups excluding tert-OH is 3. The maximum absolute atomic E-state index is 10.2. The van der Waals surface area contributed by atoms with E-state index in [4.69, 9.17) is 10.5 Å². The normalized spacial score (nSPS) is 33.7. The number of hydrogen-bond acceptors (Lipinski definition) is 7. The molecule has 2 aliphatic rings. The molecule has 7 nitrogen and oxygen atoms in total. The van der Waals surface area contributed by atoms with Crippen LogP contribution in [0.15, 0.2) is 29.7 Å². The molecule has 1 saturated heterocycles. The van der Waals surface area contributed by atoms with Gasteiger partial charge in [0.2, 0.25) is 0 Å². The lowest BCUT2D eigenvalue weighted by atomic mass is 9.92. The van der Waals surface area contributed by atoms with Crippen molar-refractivity contribution in [3.63, 3.8) is 0 Å². The van der Waals surface area contributed by atoms with Gasteiger partial charge in [-0.1, -0.05) is 13.5 Å². The lowest BCUT2D eigenvalue weighted by Gasteiger charge is -2.32. The number of aliphatic imine (C=N–C) groups is 1. The summed E-state index contributed by atoms with van der Waals surface area (Å²) in [5.41, 5.74) is 4.19. The summed E-state index contributed by atoms with van der Waals surface area (Å²) in [6.45, 7) is 4.60. The van der Waals surface area contributed by atoms with Crippen LogP contribution in [0.1, 0.15) is 6.92 Å². The Kier molecular flexibility index (Phi) is 3.64. The molecule has 106 valence electrons. The molecule has 0 amide bonds. The Morgan fingerprint density at radius 3 is 2.63 bits per heavy atom. The highest BCUT2D eigenvalue weighted by atomic mass is 16.6. The van der Waals surface area contributed by atoms with Crippen LogP contribution in [0.3, 0.4) is 0 Å². The van der Waals surface area contributed by atoms with Crippen molar-refractivity contribution in [2.45, 2.75) is 24.9 Å². The van der Waals surface area contributed by atoms with Gasteiger partial charge in [-0.2, -0.15) is 0 Å². The molecule has 1 fully saturated rings. The van der Waals surface area contributed by atoms with Crippen LogP contribution in [-0.4, -0.2) is 57.2 Å². The molecule has 7 heteroatoms. The van der Waals surface area contributed by atoms with Crippen LogP contribution in [0.2, 0.25) is 0 Å². The van der Waals surface area contributed by atoms with Gasteiger partial charge < -0.3 is 30.7 Å². The van der Waals surface area contributed by atoms with Gasteiger partial charge in [-0.05, 0) is 6.08 Å². The number of aliphatic hydroxyl groups is 3. The molecule has 0 aromatic carbocycles. The van der Waals surface area contributed by atoms with Crippen LogP contribution in [0.4, 0.5) is 0 Å². The maximum Gasteiger partial charge on any atom is 0.143 e. The fourth-order valence-electron chi connectivity index (χ4n) is 2.39. The highest BCUT2D eigenvalue weighted by molar-refractivity contribution is 5.92. The number of rotatable bonds is 3. The third-order valence-electron chi connectivity index (χ3n) is 3.61. The number of nitrogens with two attached hydrogens (primary N) is 1. The van der Waals surface area contributed by atoms with E-state index in [1.165, 1.54) is 0 Å². The zero-order chi connectivity index (χ0) is 14.2. The molecule has 3 atom stereocenters. The van der Waals surface area contributed by atoms with Crippen LogP contribution >= 0.6 is 0 Å². The highest BCUT2D eigenvalue weighted by Crippen LogP contribution is 2.38. The third-order valence-corrected chi connectivity index (χ3v) is 3.61. The highest BCUT2D eigenvalue weighted by Gasteiger charge is 2.54. The van der Waals surface area contributed by atoms with E-state index in [1.54, 1.807) is 24.1 Å². The summed E-state index contributed by atoms with van der Waals surface area (Å²) in [6.07, 6.45) is 1.69. The Morgan fingerprint density at radius 1 is 1.53 bits per heavy atom. The van der Waals surface area contributed by atoms with Gasteiger partial charge in [-0.3, -0.25) is 0 Å². The Bertz CT molecular complexity index is 431. The zero-order valence-corrected chi connectivity index (χ0v) is 10.7. The minimum absolute atomic E-state index is 0.336. The first-order chi connectivity index (χ1) is 8.95.